The van der Waals surface area contributed by atoms with Gasteiger partial charge in [0.2, 0.25) is 5.91 Å². The van der Waals surface area contributed by atoms with Crippen LogP contribution in [0.5, 0.6) is 0 Å². The largest absolute Gasteiger partial charge is 0.350 e. The quantitative estimate of drug-likeness (QED) is 0.567. The van der Waals surface area contributed by atoms with E-state index in [9.17, 15) is 10.1 Å². The molecule has 3 aromatic rings. The second-order valence-corrected chi connectivity index (χ2v) is 7.30. The second kappa shape index (κ2) is 8.89. The zero-order chi connectivity index (χ0) is 21.8. The number of carbonyl (C=O) groups excluding carboxylic acids is 1. The van der Waals surface area contributed by atoms with Crippen molar-refractivity contribution in [3.63, 3.8) is 0 Å². The number of tetrazole rings is 1. The van der Waals surface area contributed by atoms with Crippen LogP contribution in [0.25, 0.3) is 6.08 Å². The smallest absolute Gasteiger partial charge is 0.247 e. The summed E-state index contributed by atoms with van der Waals surface area (Å²) in [5.41, 5.74) is 1.06. The fourth-order valence-electron chi connectivity index (χ4n) is 3.41. The van der Waals surface area contributed by atoms with Crippen molar-refractivity contribution < 1.29 is 4.79 Å². The molecular weight excluding hydrogens is 418 g/mol. The van der Waals surface area contributed by atoms with E-state index in [0.717, 1.165) is 5.56 Å². The van der Waals surface area contributed by atoms with Crippen LogP contribution in [0.2, 0.25) is 5.02 Å². The number of halogens is 1. The monoisotopic (exact) mass is 435 g/mol. The number of benzene rings is 1. The zero-order valence-corrected chi connectivity index (χ0v) is 17.4. The van der Waals surface area contributed by atoms with Gasteiger partial charge in [0.1, 0.15) is 12.1 Å². The number of carbonyl (C=O) groups is 1. The van der Waals surface area contributed by atoms with E-state index in [2.05, 4.69) is 31.4 Å². The van der Waals surface area contributed by atoms with Gasteiger partial charge in [0.25, 0.3) is 0 Å². The van der Waals surface area contributed by atoms with Gasteiger partial charge in [-0.05, 0) is 29.0 Å². The second-order valence-electron chi connectivity index (χ2n) is 6.86. The van der Waals surface area contributed by atoms with Crippen molar-refractivity contribution >= 4 is 29.4 Å². The molecule has 11 heteroatoms. The SMILES string of the molecule is Cn1nnc(C2CN(c3nccnc3C#N)CCN2C(=O)/C=C/c2cccc(Cl)c2)n1. The third-order valence-electron chi connectivity index (χ3n) is 4.84. The summed E-state index contributed by atoms with van der Waals surface area (Å²) in [6.45, 7) is 1.24. The molecule has 0 aliphatic carbocycles. The molecule has 1 aliphatic heterocycles. The molecule has 10 nitrogen and oxygen atoms in total. The van der Waals surface area contributed by atoms with Gasteiger partial charge in [0.15, 0.2) is 17.3 Å². The van der Waals surface area contributed by atoms with Gasteiger partial charge in [-0.15, -0.1) is 10.2 Å². The molecule has 156 valence electrons. The van der Waals surface area contributed by atoms with E-state index >= 15 is 0 Å². The molecular formula is C20H18ClN9O. The first-order valence-electron chi connectivity index (χ1n) is 9.49. The maximum Gasteiger partial charge on any atom is 0.247 e. The van der Waals surface area contributed by atoms with Crippen LogP contribution in [-0.2, 0) is 11.8 Å². The highest BCUT2D eigenvalue weighted by atomic mass is 35.5. The first-order chi connectivity index (χ1) is 15.0. The molecule has 3 heterocycles. The summed E-state index contributed by atoms with van der Waals surface area (Å²) < 4.78 is 0. The van der Waals surface area contributed by atoms with Gasteiger partial charge in [-0.1, -0.05) is 23.7 Å². The standard InChI is InChI=1S/C20H18ClN9O/c1-28-26-19(25-27-28)17-13-29(20-16(12-22)23-7-8-24-20)9-10-30(17)18(31)6-5-14-3-2-4-15(21)11-14/h2-8,11,17H,9-10,13H2,1H3/b6-5+. The lowest BCUT2D eigenvalue weighted by atomic mass is 10.1. The highest BCUT2D eigenvalue weighted by molar-refractivity contribution is 6.30. The predicted molar refractivity (Wildman–Crippen MR) is 113 cm³/mol. The maximum atomic E-state index is 13.0. The van der Waals surface area contributed by atoms with Crippen LogP contribution in [0.4, 0.5) is 5.82 Å². The normalized spacial score (nSPS) is 16.5. The lowest BCUT2D eigenvalue weighted by Gasteiger charge is -2.40. The zero-order valence-electron chi connectivity index (χ0n) is 16.6. The number of hydrogen-bond acceptors (Lipinski definition) is 8. The Morgan fingerprint density at radius 2 is 2.13 bits per heavy atom. The fourth-order valence-corrected chi connectivity index (χ4v) is 3.61. The number of aryl methyl sites for hydroxylation is 1. The van der Waals surface area contributed by atoms with E-state index in [1.54, 1.807) is 30.2 Å². The minimum absolute atomic E-state index is 0.184. The van der Waals surface area contributed by atoms with Gasteiger partial charge in [0.05, 0.1) is 7.05 Å². The third kappa shape index (κ3) is 4.51. The Morgan fingerprint density at radius 3 is 2.87 bits per heavy atom. The van der Waals surface area contributed by atoms with E-state index in [-0.39, 0.29) is 11.6 Å². The summed E-state index contributed by atoms with van der Waals surface area (Å²) in [7, 11) is 1.67. The van der Waals surface area contributed by atoms with E-state index < -0.39 is 6.04 Å². The Balaban J connectivity index is 1.60. The molecule has 4 rings (SSSR count). The van der Waals surface area contributed by atoms with Crippen molar-refractivity contribution in [1.82, 2.24) is 35.1 Å². The minimum Gasteiger partial charge on any atom is -0.350 e. The number of piperazine rings is 1. The molecule has 0 saturated carbocycles. The Morgan fingerprint density at radius 1 is 1.29 bits per heavy atom. The van der Waals surface area contributed by atoms with Crippen LogP contribution in [0.3, 0.4) is 0 Å². The molecule has 1 aliphatic rings. The maximum absolute atomic E-state index is 13.0. The number of hydrogen-bond donors (Lipinski definition) is 0. The van der Waals surface area contributed by atoms with E-state index in [1.807, 2.05) is 17.0 Å². The van der Waals surface area contributed by atoms with Crippen LogP contribution in [0.1, 0.15) is 23.1 Å². The Kier molecular flexibility index (Phi) is 5.86. The Bertz CT molecular complexity index is 1170. The van der Waals surface area contributed by atoms with Crippen LogP contribution >= 0.6 is 11.6 Å². The lowest BCUT2D eigenvalue weighted by Crippen LogP contribution is -2.51. The molecule has 1 amide bonds. The van der Waals surface area contributed by atoms with Crippen molar-refractivity contribution in [3.8, 4) is 6.07 Å². The number of nitrogens with zero attached hydrogens (tertiary/aromatic N) is 9. The first-order valence-corrected chi connectivity index (χ1v) is 9.87. The number of anilines is 1. The van der Waals surface area contributed by atoms with Crippen molar-refractivity contribution in [1.29, 1.82) is 5.26 Å². The molecule has 0 bridgehead atoms. The van der Waals surface area contributed by atoms with E-state index in [0.29, 0.717) is 36.3 Å². The molecule has 1 saturated heterocycles. The van der Waals surface area contributed by atoms with Gasteiger partial charge < -0.3 is 9.80 Å². The average Bonchev–Trinajstić information content (AvgIpc) is 3.23. The molecule has 1 aromatic carbocycles. The van der Waals surface area contributed by atoms with Crippen LogP contribution < -0.4 is 4.90 Å². The van der Waals surface area contributed by atoms with Gasteiger partial charge in [-0.3, -0.25) is 4.79 Å². The predicted octanol–water partition coefficient (Wildman–Crippen LogP) is 1.63. The highest BCUT2D eigenvalue weighted by Crippen LogP contribution is 2.27. The lowest BCUT2D eigenvalue weighted by molar-refractivity contribution is -0.129. The number of aromatic nitrogens is 6. The highest BCUT2D eigenvalue weighted by Gasteiger charge is 2.35. The molecule has 0 radical (unpaired) electrons. The van der Waals surface area contributed by atoms with Crippen LogP contribution in [0.15, 0.2) is 42.7 Å². The average molecular weight is 436 g/mol. The molecule has 2 aromatic heterocycles. The number of rotatable bonds is 4. The topological polar surface area (TPSA) is 117 Å². The van der Waals surface area contributed by atoms with Crippen molar-refractivity contribution in [2.45, 2.75) is 6.04 Å². The molecule has 0 N–H and O–H groups in total. The molecule has 31 heavy (non-hydrogen) atoms. The number of amides is 1. The van der Waals surface area contributed by atoms with Gasteiger partial charge in [0, 0.05) is 43.1 Å². The minimum atomic E-state index is -0.465. The van der Waals surface area contributed by atoms with Crippen molar-refractivity contribution in [2.24, 2.45) is 7.05 Å². The Labute approximate surface area is 183 Å². The molecule has 0 spiro atoms. The summed E-state index contributed by atoms with van der Waals surface area (Å²) >= 11 is 6.02. The third-order valence-corrected chi connectivity index (χ3v) is 5.07. The summed E-state index contributed by atoms with van der Waals surface area (Å²) in [5, 5.41) is 22.3. The molecule has 1 fully saturated rings. The fraction of sp³-hybridized carbons (Fsp3) is 0.250. The van der Waals surface area contributed by atoms with Gasteiger partial charge in [-0.2, -0.15) is 10.1 Å². The van der Waals surface area contributed by atoms with Crippen molar-refractivity contribution in [2.75, 3.05) is 24.5 Å². The summed E-state index contributed by atoms with van der Waals surface area (Å²) in [6, 6.07) is 8.85. The van der Waals surface area contributed by atoms with Crippen molar-refractivity contribution in [3.05, 3.63) is 64.8 Å². The van der Waals surface area contributed by atoms with Gasteiger partial charge in [-0.25, -0.2) is 9.97 Å². The van der Waals surface area contributed by atoms with E-state index in [1.165, 1.54) is 23.3 Å². The summed E-state index contributed by atoms with van der Waals surface area (Å²) in [5.74, 6) is 0.705. The molecule has 1 atom stereocenters. The summed E-state index contributed by atoms with van der Waals surface area (Å²) in [6.07, 6.45) is 6.24. The number of nitriles is 1. The van der Waals surface area contributed by atoms with E-state index in [4.69, 9.17) is 11.6 Å². The van der Waals surface area contributed by atoms with Gasteiger partial charge >= 0.3 is 0 Å². The molecule has 1 unspecified atom stereocenters. The Hall–Kier alpha value is -3.84. The summed E-state index contributed by atoms with van der Waals surface area (Å²) in [4.78, 5) is 26.4. The van der Waals surface area contributed by atoms with Crippen LogP contribution in [0, 0.1) is 11.3 Å². The first kappa shape index (κ1) is 20.4. The van der Waals surface area contributed by atoms with Crippen LogP contribution in [-0.4, -0.2) is 60.6 Å².